The van der Waals surface area contributed by atoms with Crippen LogP contribution in [0.3, 0.4) is 0 Å². The van der Waals surface area contributed by atoms with Gasteiger partial charge in [-0.15, -0.1) is 0 Å². The maximum atomic E-state index is 12.2. The highest BCUT2D eigenvalue weighted by Gasteiger charge is 2.27. The highest BCUT2D eigenvalue weighted by atomic mass is 16.3. The van der Waals surface area contributed by atoms with E-state index in [0.717, 1.165) is 32.4 Å². The van der Waals surface area contributed by atoms with Crippen LogP contribution in [0.4, 0.5) is 0 Å². The summed E-state index contributed by atoms with van der Waals surface area (Å²) in [7, 11) is 0. The first kappa shape index (κ1) is 13.5. The van der Waals surface area contributed by atoms with Crippen molar-refractivity contribution in [2.24, 2.45) is 5.92 Å². The largest absolute Gasteiger partial charge is 0.395 e. The number of aliphatic hydroxyl groups excluding tert-OH is 1. The summed E-state index contributed by atoms with van der Waals surface area (Å²) in [6, 6.07) is 0.431. The Morgan fingerprint density at radius 1 is 1.50 bits per heavy atom. The molecule has 0 spiro atoms. The molecule has 0 aromatic heterocycles. The molecule has 0 radical (unpaired) electrons. The zero-order valence-electron chi connectivity index (χ0n) is 10.4. The quantitative estimate of drug-likeness (QED) is 0.725. The van der Waals surface area contributed by atoms with Crippen LogP contribution >= 0.6 is 0 Å². The Balaban J connectivity index is 2.51. The van der Waals surface area contributed by atoms with Crippen molar-refractivity contribution in [3.05, 3.63) is 0 Å². The van der Waals surface area contributed by atoms with Gasteiger partial charge in [0.25, 0.3) is 0 Å². The number of piperidine rings is 1. The van der Waals surface area contributed by atoms with Crippen molar-refractivity contribution in [2.45, 2.75) is 39.2 Å². The van der Waals surface area contributed by atoms with Crippen molar-refractivity contribution in [1.82, 2.24) is 10.2 Å². The van der Waals surface area contributed by atoms with Crippen LogP contribution in [0.5, 0.6) is 0 Å². The summed E-state index contributed by atoms with van der Waals surface area (Å²) in [6.07, 6.45) is 2.80. The molecule has 2 unspecified atom stereocenters. The Bertz CT molecular complexity index is 208. The SMILES string of the molecule is CCCN(CCO)C(=O)C1CCNC(C)C1. The van der Waals surface area contributed by atoms with Gasteiger partial charge in [0.05, 0.1) is 6.61 Å². The lowest BCUT2D eigenvalue weighted by molar-refractivity contribution is -0.137. The second-order valence-electron chi connectivity index (χ2n) is 4.63. The Labute approximate surface area is 98.0 Å². The van der Waals surface area contributed by atoms with Crippen molar-refractivity contribution >= 4 is 5.91 Å². The number of nitrogens with one attached hydrogen (secondary N) is 1. The van der Waals surface area contributed by atoms with Crippen LogP contribution in [0.1, 0.15) is 33.1 Å². The van der Waals surface area contributed by atoms with Crippen LogP contribution < -0.4 is 5.32 Å². The minimum atomic E-state index is 0.0618. The van der Waals surface area contributed by atoms with Gasteiger partial charge < -0.3 is 15.3 Å². The number of hydrogen-bond donors (Lipinski definition) is 2. The molecule has 1 rings (SSSR count). The first-order valence-electron chi connectivity index (χ1n) is 6.32. The first-order valence-corrected chi connectivity index (χ1v) is 6.32. The molecule has 2 N–H and O–H groups in total. The summed E-state index contributed by atoms with van der Waals surface area (Å²) in [5.41, 5.74) is 0. The second-order valence-corrected chi connectivity index (χ2v) is 4.63. The van der Waals surface area contributed by atoms with Gasteiger partial charge in [0, 0.05) is 25.0 Å². The molecule has 16 heavy (non-hydrogen) atoms. The van der Waals surface area contributed by atoms with Crippen molar-refractivity contribution in [3.8, 4) is 0 Å². The Hall–Kier alpha value is -0.610. The molecule has 0 saturated carbocycles. The summed E-state index contributed by atoms with van der Waals surface area (Å²) >= 11 is 0. The molecule has 2 atom stereocenters. The van der Waals surface area contributed by atoms with E-state index in [-0.39, 0.29) is 18.4 Å². The molecule has 1 heterocycles. The molecule has 1 aliphatic heterocycles. The maximum Gasteiger partial charge on any atom is 0.225 e. The third-order valence-electron chi connectivity index (χ3n) is 3.15. The van der Waals surface area contributed by atoms with Gasteiger partial charge in [0.15, 0.2) is 0 Å². The molecule has 4 nitrogen and oxygen atoms in total. The number of hydrogen-bond acceptors (Lipinski definition) is 3. The molecule has 0 bridgehead atoms. The van der Waals surface area contributed by atoms with Crippen molar-refractivity contribution < 1.29 is 9.90 Å². The van der Waals surface area contributed by atoms with E-state index in [1.54, 1.807) is 0 Å². The lowest BCUT2D eigenvalue weighted by Crippen LogP contribution is -2.45. The first-order chi connectivity index (χ1) is 7.69. The lowest BCUT2D eigenvalue weighted by Gasteiger charge is -2.31. The van der Waals surface area contributed by atoms with E-state index < -0.39 is 0 Å². The summed E-state index contributed by atoms with van der Waals surface area (Å²) < 4.78 is 0. The van der Waals surface area contributed by atoms with E-state index in [4.69, 9.17) is 5.11 Å². The van der Waals surface area contributed by atoms with Gasteiger partial charge in [-0.25, -0.2) is 0 Å². The zero-order chi connectivity index (χ0) is 12.0. The molecule has 0 aromatic rings. The highest BCUT2D eigenvalue weighted by molar-refractivity contribution is 5.79. The summed E-state index contributed by atoms with van der Waals surface area (Å²) in [5, 5.41) is 12.3. The predicted molar refractivity (Wildman–Crippen MR) is 64.1 cm³/mol. The van der Waals surface area contributed by atoms with E-state index in [2.05, 4.69) is 19.2 Å². The standard InChI is InChI=1S/C12H24N2O2/c1-3-6-14(7-8-15)12(16)11-4-5-13-10(2)9-11/h10-11,13,15H,3-9H2,1-2H3. The topological polar surface area (TPSA) is 52.6 Å². The molecular weight excluding hydrogens is 204 g/mol. The Kier molecular flexibility index (Phi) is 5.77. The van der Waals surface area contributed by atoms with E-state index in [1.165, 1.54) is 0 Å². The monoisotopic (exact) mass is 228 g/mol. The molecule has 1 aliphatic rings. The summed E-state index contributed by atoms with van der Waals surface area (Å²) in [4.78, 5) is 14.0. The predicted octanol–water partition coefficient (Wildman–Crippen LogP) is 0.605. The van der Waals surface area contributed by atoms with Gasteiger partial charge in [-0.3, -0.25) is 4.79 Å². The number of nitrogens with zero attached hydrogens (tertiary/aromatic N) is 1. The molecule has 4 heteroatoms. The normalized spacial score (nSPS) is 25.4. The van der Waals surface area contributed by atoms with E-state index >= 15 is 0 Å². The van der Waals surface area contributed by atoms with E-state index in [0.29, 0.717) is 12.6 Å². The fourth-order valence-electron chi connectivity index (χ4n) is 2.34. The molecule has 1 fully saturated rings. The van der Waals surface area contributed by atoms with Gasteiger partial charge in [0.2, 0.25) is 5.91 Å². The van der Waals surface area contributed by atoms with Gasteiger partial charge in [-0.05, 0) is 32.7 Å². The number of rotatable bonds is 5. The number of carbonyl (C=O) groups excluding carboxylic acids is 1. The molecular formula is C12H24N2O2. The number of amides is 1. The average Bonchev–Trinajstić information content (AvgIpc) is 2.28. The van der Waals surface area contributed by atoms with Gasteiger partial charge >= 0.3 is 0 Å². The number of aliphatic hydroxyl groups is 1. The van der Waals surface area contributed by atoms with E-state index in [9.17, 15) is 4.79 Å². The van der Waals surface area contributed by atoms with Crippen LogP contribution in [-0.2, 0) is 4.79 Å². The highest BCUT2D eigenvalue weighted by Crippen LogP contribution is 2.18. The van der Waals surface area contributed by atoms with Gasteiger partial charge in [0.1, 0.15) is 0 Å². The van der Waals surface area contributed by atoms with Crippen LogP contribution in [0.2, 0.25) is 0 Å². The minimum Gasteiger partial charge on any atom is -0.395 e. The Morgan fingerprint density at radius 3 is 2.81 bits per heavy atom. The lowest BCUT2D eigenvalue weighted by atomic mass is 9.92. The molecule has 0 aliphatic carbocycles. The zero-order valence-corrected chi connectivity index (χ0v) is 10.4. The van der Waals surface area contributed by atoms with Crippen LogP contribution in [0, 0.1) is 5.92 Å². The van der Waals surface area contributed by atoms with E-state index in [1.807, 2.05) is 4.90 Å². The van der Waals surface area contributed by atoms with Crippen molar-refractivity contribution in [3.63, 3.8) is 0 Å². The van der Waals surface area contributed by atoms with Crippen LogP contribution in [0.15, 0.2) is 0 Å². The van der Waals surface area contributed by atoms with Crippen molar-refractivity contribution in [1.29, 1.82) is 0 Å². The maximum absolute atomic E-state index is 12.2. The Morgan fingerprint density at radius 2 is 2.25 bits per heavy atom. The average molecular weight is 228 g/mol. The molecule has 1 saturated heterocycles. The second kappa shape index (κ2) is 6.86. The third-order valence-corrected chi connectivity index (χ3v) is 3.15. The van der Waals surface area contributed by atoms with Gasteiger partial charge in [-0.2, -0.15) is 0 Å². The summed E-state index contributed by atoms with van der Waals surface area (Å²) in [5.74, 6) is 0.374. The molecule has 94 valence electrons. The minimum absolute atomic E-state index is 0.0618. The smallest absolute Gasteiger partial charge is 0.225 e. The third kappa shape index (κ3) is 3.76. The van der Waals surface area contributed by atoms with Crippen LogP contribution in [0.25, 0.3) is 0 Å². The van der Waals surface area contributed by atoms with Gasteiger partial charge in [-0.1, -0.05) is 6.92 Å². The fourth-order valence-corrected chi connectivity index (χ4v) is 2.34. The molecule has 1 amide bonds. The van der Waals surface area contributed by atoms with Crippen molar-refractivity contribution in [2.75, 3.05) is 26.2 Å². The van der Waals surface area contributed by atoms with Crippen LogP contribution in [-0.4, -0.2) is 48.2 Å². The summed E-state index contributed by atoms with van der Waals surface area (Å²) in [6.45, 7) is 6.41. The number of carbonyl (C=O) groups is 1. The fraction of sp³-hybridized carbons (Fsp3) is 0.917. The molecule has 0 aromatic carbocycles.